The second-order valence-corrected chi connectivity index (χ2v) is 5.17. The highest BCUT2D eigenvalue weighted by molar-refractivity contribution is 5.34. The second-order valence-electron chi connectivity index (χ2n) is 5.17. The van der Waals surface area contributed by atoms with E-state index in [1.807, 2.05) is 18.2 Å². The van der Waals surface area contributed by atoms with Gasteiger partial charge in [0.25, 0.3) is 0 Å². The van der Waals surface area contributed by atoms with Crippen molar-refractivity contribution in [3.05, 3.63) is 65.0 Å². The van der Waals surface area contributed by atoms with Crippen LogP contribution in [0.15, 0.2) is 42.5 Å². The van der Waals surface area contributed by atoms with Crippen molar-refractivity contribution in [2.45, 2.75) is 31.9 Å². The van der Waals surface area contributed by atoms with Crippen molar-refractivity contribution < 1.29 is 9.13 Å². The van der Waals surface area contributed by atoms with Crippen LogP contribution >= 0.6 is 0 Å². The van der Waals surface area contributed by atoms with E-state index in [-0.39, 0.29) is 11.9 Å². The van der Waals surface area contributed by atoms with Gasteiger partial charge in [0.05, 0.1) is 0 Å². The number of ether oxygens (including phenoxy) is 1. The van der Waals surface area contributed by atoms with Gasteiger partial charge in [-0.1, -0.05) is 30.3 Å². The Bertz CT molecular complexity index is 612. The third kappa shape index (κ3) is 2.54. The van der Waals surface area contributed by atoms with Crippen molar-refractivity contribution in [1.29, 1.82) is 0 Å². The number of rotatable bonds is 3. The lowest BCUT2D eigenvalue weighted by Crippen LogP contribution is -2.15. The molecule has 2 aromatic rings. The predicted molar refractivity (Wildman–Crippen MR) is 77.0 cm³/mol. The summed E-state index contributed by atoms with van der Waals surface area (Å²) in [6.45, 7) is 0.337. The Morgan fingerprint density at radius 1 is 1.20 bits per heavy atom. The lowest BCUT2D eigenvalue weighted by molar-refractivity contribution is 0.175. The third-order valence-corrected chi connectivity index (χ3v) is 3.82. The quantitative estimate of drug-likeness (QED) is 0.923. The van der Waals surface area contributed by atoms with E-state index in [4.69, 9.17) is 10.5 Å². The molecule has 0 fully saturated rings. The zero-order valence-corrected chi connectivity index (χ0v) is 11.3. The fourth-order valence-corrected chi connectivity index (χ4v) is 2.75. The molecule has 1 aliphatic rings. The van der Waals surface area contributed by atoms with Crippen LogP contribution in [-0.2, 0) is 13.0 Å². The highest BCUT2D eigenvalue weighted by Crippen LogP contribution is 2.34. The maximum absolute atomic E-state index is 14.0. The Morgan fingerprint density at radius 2 is 2.05 bits per heavy atom. The van der Waals surface area contributed by atoms with Crippen LogP contribution in [0.4, 0.5) is 4.39 Å². The van der Waals surface area contributed by atoms with Crippen molar-refractivity contribution in [2.75, 3.05) is 0 Å². The van der Waals surface area contributed by atoms with Gasteiger partial charge in [0.15, 0.2) is 11.6 Å². The van der Waals surface area contributed by atoms with Crippen LogP contribution in [-0.4, -0.2) is 0 Å². The van der Waals surface area contributed by atoms with E-state index in [2.05, 4.69) is 12.1 Å². The summed E-state index contributed by atoms with van der Waals surface area (Å²) in [7, 11) is 0. The zero-order valence-electron chi connectivity index (χ0n) is 11.3. The van der Waals surface area contributed by atoms with E-state index in [9.17, 15) is 4.39 Å². The number of fused-ring (bicyclic) bond motifs is 1. The first kappa shape index (κ1) is 13.1. The van der Waals surface area contributed by atoms with Crippen LogP contribution < -0.4 is 10.5 Å². The minimum atomic E-state index is -0.337. The number of benzene rings is 2. The van der Waals surface area contributed by atoms with Gasteiger partial charge in [0.2, 0.25) is 0 Å². The molecule has 1 atom stereocenters. The standard InChI is InChI=1S/C17H18FNO/c18-15-10-12(11-19)8-9-17(15)20-16-7-3-5-13-4-1-2-6-14(13)16/h1-2,4,6,8-10,16H,3,5,7,11,19H2. The molecule has 20 heavy (non-hydrogen) atoms. The van der Waals surface area contributed by atoms with Crippen LogP contribution in [0.3, 0.4) is 0 Å². The van der Waals surface area contributed by atoms with Crippen molar-refractivity contribution in [3.8, 4) is 5.75 Å². The summed E-state index contributed by atoms with van der Waals surface area (Å²) in [4.78, 5) is 0. The third-order valence-electron chi connectivity index (χ3n) is 3.82. The maximum Gasteiger partial charge on any atom is 0.165 e. The zero-order chi connectivity index (χ0) is 13.9. The number of hydrogen-bond acceptors (Lipinski definition) is 2. The van der Waals surface area contributed by atoms with Crippen LogP contribution in [0.1, 0.15) is 35.6 Å². The van der Waals surface area contributed by atoms with E-state index in [0.717, 1.165) is 24.8 Å². The van der Waals surface area contributed by atoms with Crippen LogP contribution in [0, 0.1) is 5.82 Å². The minimum absolute atomic E-state index is 0.0572. The lowest BCUT2D eigenvalue weighted by Gasteiger charge is -2.26. The Labute approximate surface area is 118 Å². The van der Waals surface area contributed by atoms with E-state index in [1.54, 1.807) is 6.07 Å². The van der Waals surface area contributed by atoms with E-state index < -0.39 is 0 Å². The van der Waals surface area contributed by atoms with Gasteiger partial charge in [-0.25, -0.2) is 4.39 Å². The highest BCUT2D eigenvalue weighted by Gasteiger charge is 2.22. The monoisotopic (exact) mass is 271 g/mol. The number of nitrogens with two attached hydrogens (primary N) is 1. The summed E-state index contributed by atoms with van der Waals surface area (Å²) < 4.78 is 19.9. The van der Waals surface area contributed by atoms with Gasteiger partial charge in [0.1, 0.15) is 6.10 Å². The van der Waals surface area contributed by atoms with E-state index in [0.29, 0.717) is 12.3 Å². The molecule has 1 unspecified atom stereocenters. The Kier molecular flexibility index (Phi) is 3.70. The fraction of sp³-hybridized carbons (Fsp3) is 0.294. The summed E-state index contributed by atoms with van der Waals surface area (Å²) in [5, 5.41) is 0. The largest absolute Gasteiger partial charge is 0.483 e. The van der Waals surface area contributed by atoms with Gasteiger partial charge in [-0.15, -0.1) is 0 Å². The van der Waals surface area contributed by atoms with Gasteiger partial charge >= 0.3 is 0 Å². The van der Waals surface area contributed by atoms with Crippen molar-refractivity contribution in [1.82, 2.24) is 0 Å². The molecule has 0 amide bonds. The van der Waals surface area contributed by atoms with Crippen LogP contribution in [0.2, 0.25) is 0 Å². The molecule has 2 nitrogen and oxygen atoms in total. The van der Waals surface area contributed by atoms with E-state index >= 15 is 0 Å². The second kappa shape index (κ2) is 5.63. The molecule has 2 aromatic carbocycles. The molecule has 1 aliphatic carbocycles. The van der Waals surface area contributed by atoms with Gasteiger partial charge in [-0.2, -0.15) is 0 Å². The first-order valence-corrected chi connectivity index (χ1v) is 7.01. The van der Waals surface area contributed by atoms with Crippen LogP contribution in [0.25, 0.3) is 0 Å². The predicted octanol–water partition coefficient (Wildman–Crippen LogP) is 3.74. The SMILES string of the molecule is NCc1ccc(OC2CCCc3ccccc32)c(F)c1. The summed E-state index contributed by atoms with van der Waals surface area (Å²) in [5.41, 5.74) is 8.78. The molecule has 0 aromatic heterocycles. The number of aryl methyl sites for hydroxylation is 1. The van der Waals surface area contributed by atoms with Crippen molar-refractivity contribution in [3.63, 3.8) is 0 Å². The molecule has 0 saturated carbocycles. The maximum atomic E-state index is 14.0. The van der Waals surface area contributed by atoms with E-state index in [1.165, 1.54) is 17.2 Å². The molecular weight excluding hydrogens is 253 g/mol. The summed E-state index contributed by atoms with van der Waals surface area (Å²) >= 11 is 0. The average molecular weight is 271 g/mol. The van der Waals surface area contributed by atoms with Gasteiger partial charge in [0, 0.05) is 6.54 Å². The molecular formula is C17H18FNO. The molecule has 0 bridgehead atoms. The molecule has 3 rings (SSSR count). The minimum Gasteiger partial charge on any atom is -0.483 e. The van der Waals surface area contributed by atoms with Gasteiger partial charge < -0.3 is 10.5 Å². The fourth-order valence-electron chi connectivity index (χ4n) is 2.75. The summed E-state index contributed by atoms with van der Waals surface area (Å²) in [6.07, 6.45) is 3.02. The Hall–Kier alpha value is -1.87. The smallest absolute Gasteiger partial charge is 0.165 e. The molecule has 3 heteroatoms. The first-order valence-electron chi connectivity index (χ1n) is 7.01. The van der Waals surface area contributed by atoms with Crippen LogP contribution in [0.5, 0.6) is 5.75 Å². The molecule has 0 radical (unpaired) electrons. The topological polar surface area (TPSA) is 35.2 Å². The summed E-state index contributed by atoms with van der Waals surface area (Å²) in [6, 6.07) is 13.2. The molecule has 0 saturated heterocycles. The molecule has 0 aliphatic heterocycles. The average Bonchev–Trinajstić information content (AvgIpc) is 2.49. The lowest BCUT2D eigenvalue weighted by atomic mass is 9.89. The molecule has 0 heterocycles. The Morgan fingerprint density at radius 3 is 2.85 bits per heavy atom. The number of hydrogen-bond donors (Lipinski definition) is 1. The Balaban J connectivity index is 1.85. The molecule has 2 N–H and O–H groups in total. The summed E-state index contributed by atoms with van der Waals surface area (Å²) in [5.74, 6) is -0.0279. The van der Waals surface area contributed by atoms with Gasteiger partial charge in [-0.3, -0.25) is 0 Å². The first-order chi connectivity index (χ1) is 9.78. The molecule has 104 valence electrons. The van der Waals surface area contributed by atoms with Crippen molar-refractivity contribution in [2.24, 2.45) is 5.73 Å². The number of halogens is 1. The normalized spacial score (nSPS) is 17.6. The highest BCUT2D eigenvalue weighted by atomic mass is 19.1. The van der Waals surface area contributed by atoms with Crippen molar-refractivity contribution >= 4 is 0 Å². The van der Waals surface area contributed by atoms with Gasteiger partial charge in [-0.05, 0) is 48.1 Å². The molecule has 0 spiro atoms.